The zero-order valence-electron chi connectivity index (χ0n) is 20.3. The molecule has 1 amide bonds. The first-order valence-electron chi connectivity index (χ1n) is 12.0. The maximum Gasteiger partial charge on any atom is 0.416 e. The number of likely N-dealkylation sites (N-methyl/N-ethyl adjacent to an activating group) is 1. The summed E-state index contributed by atoms with van der Waals surface area (Å²) in [5, 5.41) is 0.621. The van der Waals surface area contributed by atoms with Crippen LogP contribution in [-0.4, -0.2) is 72.5 Å². The van der Waals surface area contributed by atoms with Crippen LogP contribution in [0.2, 0.25) is 5.02 Å². The van der Waals surface area contributed by atoms with Crippen molar-refractivity contribution in [2.45, 2.75) is 38.5 Å². The van der Waals surface area contributed by atoms with Gasteiger partial charge in [-0.15, -0.1) is 0 Å². The van der Waals surface area contributed by atoms with Crippen molar-refractivity contribution in [3.63, 3.8) is 0 Å². The predicted octanol–water partition coefficient (Wildman–Crippen LogP) is 4.46. The van der Waals surface area contributed by atoms with Gasteiger partial charge < -0.3 is 15.5 Å². The van der Waals surface area contributed by atoms with E-state index in [1.54, 1.807) is 29.2 Å². The van der Waals surface area contributed by atoms with Crippen molar-refractivity contribution < 1.29 is 18.0 Å². The fourth-order valence-electron chi connectivity index (χ4n) is 4.63. The average Bonchev–Trinajstić information content (AvgIpc) is 2.85. The molecule has 2 N–H and O–H groups in total. The second-order valence-electron chi connectivity index (χ2n) is 8.88. The van der Waals surface area contributed by atoms with Crippen LogP contribution in [0, 0.1) is 0 Å². The number of halogens is 4. The molecule has 1 aliphatic heterocycles. The van der Waals surface area contributed by atoms with Gasteiger partial charge in [-0.2, -0.15) is 13.2 Å². The number of hydrogen-bond acceptors (Lipinski definition) is 4. The summed E-state index contributed by atoms with van der Waals surface area (Å²) in [7, 11) is 0. The molecule has 0 saturated carbocycles. The summed E-state index contributed by atoms with van der Waals surface area (Å²) in [6.07, 6.45) is -4.02. The fourth-order valence-corrected chi connectivity index (χ4v) is 4.76. The Bertz CT molecular complexity index is 958. The lowest BCUT2D eigenvalue weighted by atomic mass is 9.97. The molecule has 3 rings (SSSR count). The lowest BCUT2D eigenvalue weighted by Crippen LogP contribution is -2.55. The highest BCUT2D eigenvalue weighted by atomic mass is 35.5. The smallest absolute Gasteiger partial charge is 0.339 e. The van der Waals surface area contributed by atoms with Gasteiger partial charge in [0.2, 0.25) is 5.91 Å². The van der Waals surface area contributed by atoms with Crippen LogP contribution < -0.4 is 5.73 Å². The minimum atomic E-state index is -4.43. The largest absolute Gasteiger partial charge is 0.416 e. The van der Waals surface area contributed by atoms with Gasteiger partial charge in [0.15, 0.2) is 0 Å². The van der Waals surface area contributed by atoms with Crippen molar-refractivity contribution in [2.75, 3.05) is 45.8 Å². The van der Waals surface area contributed by atoms with Gasteiger partial charge in [0.05, 0.1) is 11.6 Å². The first-order chi connectivity index (χ1) is 16.6. The lowest BCUT2D eigenvalue weighted by molar-refractivity contribution is -0.139. The third kappa shape index (κ3) is 7.19. The van der Waals surface area contributed by atoms with Crippen LogP contribution >= 0.6 is 11.6 Å². The molecule has 1 heterocycles. The molecule has 2 unspecified atom stereocenters. The Morgan fingerprint density at radius 1 is 1.03 bits per heavy atom. The second kappa shape index (κ2) is 12.2. The van der Waals surface area contributed by atoms with Crippen molar-refractivity contribution in [1.82, 2.24) is 14.7 Å². The van der Waals surface area contributed by atoms with E-state index in [1.807, 2.05) is 26.0 Å². The number of nitrogens with two attached hydrogens (primary N) is 1. The number of amides is 1. The molecular formula is C26H34ClF3N4O. The van der Waals surface area contributed by atoms with Crippen LogP contribution in [0.1, 0.15) is 36.6 Å². The van der Waals surface area contributed by atoms with Gasteiger partial charge in [0.25, 0.3) is 0 Å². The Morgan fingerprint density at radius 3 is 2.20 bits per heavy atom. The minimum absolute atomic E-state index is 0.143. The highest BCUT2D eigenvalue weighted by Gasteiger charge is 2.38. The molecule has 192 valence electrons. The van der Waals surface area contributed by atoms with E-state index in [0.717, 1.165) is 24.7 Å². The molecule has 0 bridgehead atoms. The Balaban J connectivity index is 1.72. The van der Waals surface area contributed by atoms with E-state index in [4.69, 9.17) is 17.3 Å². The summed E-state index contributed by atoms with van der Waals surface area (Å²) < 4.78 is 41.5. The number of benzene rings is 2. The SMILES string of the molecule is CCN(CC)CC(c1ccccc1C(F)(F)F)N1CCN(C(=O)C(N)Cc2ccc(Cl)cc2)CC1. The van der Waals surface area contributed by atoms with Gasteiger partial charge in [0.1, 0.15) is 0 Å². The zero-order valence-corrected chi connectivity index (χ0v) is 21.0. The van der Waals surface area contributed by atoms with E-state index in [0.29, 0.717) is 44.2 Å². The number of alkyl halides is 3. The number of rotatable bonds is 9. The molecule has 1 aliphatic rings. The Labute approximate surface area is 210 Å². The molecule has 0 spiro atoms. The number of piperazine rings is 1. The molecule has 5 nitrogen and oxygen atoms in total. The van der Waals surface area contributed by atoms with Crippen LogP contribution in [-0.2, 0) is 17.4 Å². The summed E-state index contributed by atoms with van der Waals surface area (Å²) in [5.74, 6) is -0.143. The van der Waals surface area contributed by atoms with Crippen molar-refractivity contribution in [1.29, 1.82) is 0 Å². The summed E-state index contributed by atoms with van der Waals surface area (Å²) >= 11 is 5.92. The number of carbonyl (C=O) groups excluding carboxylic acids is 1. The molecule has 2 aromatic carbocycles. The quantitative estimate of drug-likeness (QED) is 0.541. The Morgan fingerprint density at radius 2 is 1.63 bits per heavy atom. The maximum absolute atomic E-state index is 13.8. The molecule has 2 aromatic rings. The van der Waals surface area contributed by atoms with E-state index in [-0.39, 0.29) is 11.5 Å². The monoisotopic (exact) mass is 510 g/mol. The molecule has 9 heteroatoms. The van der Waals surface area contributed by atoms with E-state index in [1.165, 1.54) is 6.07 Å². The Hall–Kier alpha value is -2.13. The number of hydrogen-bond donors (Lipinski definition) is 1. The van der Waals surface area contributed by atoms with Gasteiger partial charge in [-0.1, -0.05) is 55.8 Å². The van der Waals surface area contributed by atoms with Crippen LogP contribution in [0.5, 0.6) is 0 Å². The van der Waals surface area contributed by atoms with Crippen LogP contribution in [0.3, 0.4) is 0 Å². The van der Waals surface area contributed by atoms with E-state index < -0.39 is 23.8 Å². The summed E-state index contributed by atoms with van der Waals surface area (Å²) in [6.45, 7) is 7.83. The zero-order chi connectivity index (χ0) is 25.6. The molecule has 0 aromatic heterocycles. The van der Waals surface area contributed by atoms with Gasteiger partial charge in [-0.05, 0) is 48.8 Å². The first-order valence-corrected chi connectivity index (χ1v) is 12.4. The Kier molecular flexibility index (Phi) is 9.58. The van der Waals surface area contributed by atoms with Crippen molar-refractivity contribution in [2.24, 2.45) is 5.73 Å². The topological polar surface area (TPSA) is 52.8 Å². The minimum Gasteiger partial charge on any atom is -0.339 e. The van der Waals surface area contributed by atoms with Crippen molar-refractivity contribution in [3.05, 3.63) is 70.2 Å². The lowest BCUT2D eigenvalue weighted by Gasteiger charge is -2.42. The van der Waals surface area contributed by atoms with Crippen molar-refractivity contribution in [3.8, 4) is 0 Å². The predicted molar refractivity (Wildman–Crippen MR) is 133 cm³/mol. The van der Waals surface area contributed by atoms with Crippen LogP contribution in [0.4, 0.5) is 13.2 Å². The first kappa shape index (κ1) is 27.5. The standard InChI is InChI=1S/C26H34ClF3N4O/c1-3-32(4-2)18-24(21-7-5-6-8-22(21)26(28,29)30)33-13-15-34(16-14-33)25(35)23(31)17-19-9-11-20(27)12-10-19/h5-12,23-24H,3-4,13-18,31H2,1-2H3. The van der Waals surface area contributed by atoms with Gasteiger partial charge in [0, 0.05) is 43.8 Å². The fraction of sp³-hybridized carbons (Fsp3) is 0.500. The summed E-state index contributed by atoms with van der Waals surface area (Å²) in [6, 6.07) is 12.0. The van der Waals surface area contributed by atoms with Crippen LogP contribution in [0.15, 0.2) is 48.5 Å². The second-order valence-corrected chi connectivity index (χ2v) is 9.32. The van der Waals surface area contributed by atoms with Crippen molar-refractivity contribution >= 4 is 17.5 Å². The third-order valence-electron chi connectivity index (χ3n) is 6.70. The number of nitrogens with zero attached hydrogens (tertiary/aromatic N) is 3. The van der Waals surface area contributed by atoms with E-state index in [2.05, 4.69) is 9.80 Å². The van der Waals surface area contributed by atoms with Gasteiger partial charge >= 0.3 is 6.18 Å². The molecule has 2 atom stereocenters. The molecule has 1 saturated heterocycles. The number of carbonyl (C=O) groups is 1. The highest BCUT2D eigenvalue weighted by Crippen LogP contribution is 2.37. The van der Waals surface area contributed by atoms with Gasteiger partial charge in [-0.25, -0.2) is 0 Å². The molecule has 0 radical (unpaired) electrons. The molecule has 0 aliphatic carbocycles. The molecule has 35 heavy (non-hydrogen) atoms. The summed E-state index contributed by atoms with van der Waals surface area (Å²) in [5.41, 5.74) is 6.82. The third-order valence-corrected chi connectivity index (χ3v) is 6.96. The average molecular weight is 511 g/mol. The molecule has 1 fully saturated rings. The van der Waals surface area contributed by atoms with Crippen LogP contribution in [0.25, 0.3) is 0 Å². The highest BCUT2D eigenvalue weighted by molar-refractivity contribution is 6.30. The van der Waals surface area contributed by atoms with Gasteiger partial charge in [-0.3, -0.25) is 9.69 Å². The maximum atomic E-state index is 13.8. The normalized spacial score (nSPS) is 17.0. The molecular weight excluding hydrogens is 477 g/mol. The summed E-state index contributed by atoms with van der Waals surface area (Å²) in [4.78, 5) is 18.9. The van der Waals surface area contributed by atoms with E-state index >= 15 is 0 Å². The van der Waals surface area contributed by atoms with E-state index in [9.17, 15) is 18.0 Å².